The number of hydrogen-bond acceptors (Lipinski definition) is 4. The second-order valence-electron chi connectivity index (χ2n) is 5.24. The topological polar surface area (TPSA) is 63.1 Å². The quantitative estimate of drug-likeness (QED) is 0.754. The van der Waals surface area contributed by atoms with Crippen molar-refractivity contribution in [2.24, 2.45) is 5.41 Å². The van der Waals surface area contributed by atoms with E-state index in [-0.39, 0.29) is 16.6 Å². The molecule has 1 aliphatic heterocycles. The van der Waals surface area contributed by atoms with Crippen LogP contribution in [0.25, 0.3) is 0 Å². The molecule has 1 aliphatic rings. The molecular formula is C11H15NO3S. The van der Waals surface area contributed by atoms with E-state index in [9.17, 15) is 9.59 Å². The lowest BCUT2D eigenvalue weighted by Gasteiger charge is -2.29. The molecule has 16 heavy (non-hydrogen) atoms. The molecule has 2 heterocycles. The molecule has 5 heteroatoms. The van der Waals surface area contributed by atoms with Crippen LogP contribution in [0.2, 0.25) is 0 Å². The summed E-state index contributed by atoms with van der Waals surface area (Å²) in [6, 6.07) is 0. The summed E-state index contributed by atoms with van der Waals surface area (Å²) >= 11 is 1.51. The number of rotatable bonds is 0. The lowest BCUT2D eigenvalue weighted by molar-refractivity contribution is 0.361. The van der Waals surface area contributed by atoms with Gasteiger partial charge in [0.1, 0.15) is 4.90 Å². The van der Waals surface area contributed by atoms with Gasteiger partial charge in [0.2, 0.25) is 0 Å². The van der Waals surface area contributed by atoms with Crippen LogP contribution in [0.15, 0.2) is 18.9 Å². The van der Waals surface area contributed by atoms with Crippen LogP contribution < -0.4 is 11.4 Å². The molecule has 2 atom stereocenters. The van der Waals surface area contributed by atoms with Crippen molar-refractivity contribution in [2.45, 2.75) is 43.8 Å². The third kappa shape index (κ3) is 1.73. The van der Waals surface area contributed by atoms with E-state index in [0.717, 1.165) is 5.69 Å². The van der Waals surface area contributed by atoms with Gasteiger partial charge >= 0.3 is 11.4 Å². The minimum Gasteiger partial charge on any atom is -0.372 e. The molecule has 88 valence electrons. The number of H-pyrrole nitrogens is 1. The fraction of sp³-hybridized carbons (Fsp3) is 0.636. The number of fused-ring (bicyclic) bond motifs is 1. The van der Waals surface area contributed by atoms with Gasteiger partial charge in [-0.3, -0.25) is 4.98 Å². The van der Waals surface area contributed by atoms with Crippen LogP contribution in [0.3, 0.4) is 0 Å². The van der Waals surface area contributed by atoms with Crippen LogP contribution in [0.5, 0.6) is 0 Å². The average Bonchev–Trinajstić information content (AvgIpc) is 2.43. The van der Waals surface area contributed by atoms with Gasteiger partial charge in [0.05, 0.1) is 0 Å². The third-order valence-corrected chi connectivity index (χ3v) is 4.85. The summed E-state index contributed by atoms with van der Waals surface area (Å²) in [6.07, 6.45) is 0. The number of nitrogens with one attached hydrogen (secondary N) is 1. The second kappa shape index (κ2) is 3.52. The Kier molecular flexibility index (Phi) is 2.53. The first kappa shape index (κ1) is 11.5. The van der Waals surface area contributed by atoms with E-state index < -0.39 is 11.4 Å². The smallest absolute Gasteiger partial charge is 0.372 e. The maximum Gasteiger partial charge on any atom is 0.419 e. The lowest BCUT2D eigenvalue weighted by atomic mass is 9.83. The monoisotopic (exact) mass is 241 g/mol. The predicted octanol–water partition coefficient (Wildman–Crippen LogP) is 1.95. The summed E-state index contributed by atoms with van der Waals surface area (Å²) < 4.78 is 4.54. The van der Waals surface area contributed by atoms with Crippen molar-refractivity contribution in [3.63, 3.8) is 0 Å². The Balaban J connectivity index is 2.55. The summed E-state index contributed by atoms with van der Waals surface area (Å²) in [7, 11) is 0. The summed E-state index contributed by atoms with van der Waals surface area (Å²) in [5.41, 5.74) is 0.292. The van der Waals surface area contributed by atoms with Crippen molar-refractivity contribution in [3.05, 3.63) is 26.7 Å². The Morgan fingerprint density at radius 1 is 1.31 bits per heavy atom. The van der Waals surface area contributed by atoms with Gasteiger partial charge < -0.3 is 4.42 Å². The van der Waals surface area contributed by atoms with Crippen molar-refractivity contribution in [3.8, 4) is 0 Å². The molecule has 1 N–H and O–H groups in total. The highest BCUT2D eigenvalue weighted by molar-refractivity contribution is 8.00. The Hall–Kier alpha value is -0.970. The molecule has 1 aromatic heterocycles. The lowest BCUT2D eigenvalue weighted by Crippen LogP contribution is -2.25. The molecule has 0 radical (unpaired) electrons. The number of aromatic amines is 1. The van der Waals surface area contributed by atoms with E-state index in [1.165, 1.54) is 11.8 Å². The standard InChI is InChI=1S/C11H15NO3S/c1-5-6-7(9(13)15-10(14)12-6)16-8(5)11(2,3)4/h5,8H,1-4H3,(H,12,14). The van der Waals surface area contributed by atoms with Gasteiger partial charge in [0.25, 0.3) is 0 Å². The second-order valence-corrected chi connectivity index (χ2v) is 6.39. The van der Waals surface area contributed by atoms with Gasteiger partial charge in [-0.15, -0.1) is 11.8 Å². The molecule has 1 aromatic rings. The van der Waals surface area contributed by atoms with Crippen molar-refractivity contribution >= 4 is 11.8 Å². The van der Waals surface area contributed by atoms with Crippen LogP contribution in [0.1, 0.15) is 39.3 Å². The van der Waals surface area contributed by atoms with Crippen LogP contribution in [-0.2, 0) is 0 Å². The molecule has 4 nitrogen and oxygen atoms in total. The fourth-order valence-electron chi connectivity index (χ4n) is 2.17. The van der Waals surface area contributed by atoms with Crippen molar-refractivity contribution in [1.82, 2.24) is 4.98 Å². The molecule has 0 spiro atoms. The van der Waals surface area contributed by atoms with E-state index in [2.05, 4.69) is 30.2 Å². The molecule has 0 amide bonds. The van der Waals surface area contributed by atoms with E-state index in [1.54, 1.807) is 0 Å². The van der Waals surface area contributed by atoms with Crippen LogP contribution in [0.4, 0.5) is 0 Å². The SMILES string of the molecule is CC1c2[nH]c(=O)oc(=O)c2SC1C(C)(C)C. The van der Waals surface area contributed by atoms with Gasteiger partial charge in [-0.25, -0.2) is 9.59 Å². The first-order valence-corrected chi connectivity index (χ1v) is 6.12. The van der Waals surface area contributed by atoms with Gasteiger partial charge in [0.15, 0.2) is 0 Å². The van der Waals surface area contributed by atoms with Gasteiger partial charge in [0, 0.05) is 16.9 Å². The molecule has 0 aromatic carbocycles. The Labute approximate surface area is 97.5 Å². The molecule has 0 bridgehead atoms. The summed E-state index contributed by atoms with van der Waals surface area (Å²) in [5.74, 6) is -0.498. The van der Waals surface area contributed by atoms with Gasteiger partial charge in [-0.1, -0.05) is 27.7 Å². The molecule has 0 saturated heterocycles. The van der Waals surface area contributed by atoms with Crippen LogP contribution in [-0.4, -0.2) is 10.2 Å². The van der Waals surface area contributed by atoms with Crippen molar-refractivity contribution < 1.29 is 4.42 Å². The van der Waals surface area contributed by atoms with Crippen LogP contribution in [0, 0.1) is 5.41 Å². The summed E-state index contributed by atoms with van der Waals surface area (Å²) in [5, 5.41) is 0.281. The van der Waals surface area contributed by atoms with Gasteiger partial charge in [-0.05, 0) is 5.41 Å². The minimum absolute atomic E-state index is 0.0758. The van der Waals surface area contributed by atoms with Crippen molar-refractivity contribution in [2.75, 3.05) is 0 Å². The van der Waals surface area contributed by atoms with Gasteiger partial charge in [-0.2, -0.15) is 0 Å². The van der Waals surface area contributed by atoms with E-state index >= 15 is 0 Å². The molecule has 0 saturated carbocycles. The summed E-state index contributed by atoms with van der Waals surface area (Å²) in [4.78, 5) is 25.9. The summed E-state index contributed by atoms with van der Waals surface area (Å²) in [6.45, 7) is 8.43. The zero-order valence-electron chi connectivity index (χ0n) is 9.79. The van der Waals surface area contributed by atoms with E-state index in [4.69, 9.17) is 0 Å². The Morgan fingerprint density at radius 2 is 1.94 bits per heavy atom. The molecular weight excluding hydrogens is 226 g/mol. The van der Waals surface area contributed by atoms with E-state index in [1.807, 2.05) is 6.92 Å². The molecule has 0 fully saturated rings. The minimum atomic E-state index is -0.661. The number of hydrogen-bond donors (Lipinski definition) is 1. The number of thioether (sulfide) groups is 1. The van der Waals surface area contributed by atoms with Crippen LogP contribution >= 0.6 is 11.8 Å². The molecule has 2 unspecified atom stereocenters. The maximum absolute atomic E-state index is 11.5. The first-order valence-electron chi connectivity index (χ1n) is 5.24. The fourth-order valence-corrected chi connectivity index (χ4v) is 3.62. The maximum atomic E-state index is 11.5. The van der Waals surface area contributed by atoms with E-state index in [0.29, 0.717) is 4.90 Å². The Bertz CT molecular complexity index is 523. The average molecular weight is 241 g/mol. The highest BCUT2D eigenvalue weighted by Crippen LogP contribution is 2.49. The normalized spacial score (nSPS) is 24.5. The third-order valence-electron chi connectivity index (χ3n) is 2.86. The van der Waals surface area contributed by atoms with Crippen molar-refractivity contribution in [1.29, 1.82) is 0 Å². The number of aromatic nitrogens is 1. The Morgan fingerprint density at radius 3 is 2.50 bits per heavy atom. The molecule has 2 rings (SSSR count). The zero-order chi connectivity index (χ0) is 12.1. The highest BCUT2D eigenvalue weighted by Gasteiger charge is 2.40. The highest BCUT2D eigenvalue weighted by atomic mass is 32.2. The zero-order valence-corrected chi connectivity index (χ0v) is 10.6. The largest absolute Gasteiger partial charge is 0.419 e. The predicted molar refractivity (Wildman–Crippen MR) is 63.1 cm³/mol. The molecule has 0 aliphatic carbocycles. The first-order chi connectivity index (χ1) is 7.30.